The third kappa shape index (κ3) is 6.02. The summed E-state index contributed by atoms with van der Waals surface area (Å²) in [5.74, 6) is -1.02. The fourth-order valence-electron chi connectivity index (χ4n) is 5.31. The fourth-order valence-corrected chi connectivity index (χ4v) is 5.31. The van der Waals surface area contributed by atoms with Gasteiger partial charge < -0.3 is 20.1 Å². The molecule has 2 aromatic carbocycles. The van der Waals surface area contributed by atoms with Crippen molar-refractivity contribution in [3.05, 3.63) is 59.7 Å². The van der Waals surface area contributed by atoms with Gasteiger partial charge in [0.25, 0.3) is 0 Å². The van der Waals surface area contributed by atoms with Crippen LogP contribution in [-0.2, 0) is 14.3 Å². The monoisotopic (exact) mass is 478 g/mol. The predicted molar refractivity (Wildman–Crippen MR) is 133 cm³/mol. The minimum Gasteiger partial charge on any atom is -0.480 e. The number of hydrogen-bond acceptors (Lipinski definition) is 4. The van der Waals surface area contributed by atoms with Crippen molar-refractivity contribution in [2.24, 2.45) is 5.92 Å². The van der Waals surface area contributed by atoms with Gasteiger partial charge in [0.05, 0.1) is 0 Å². The van der Waals surface area contributed by atoms with E-state index in [1.165, 1.54) is 27.2 Å². The van der Waals surface area contributed by atoms with Crippen LogP contribution in [0.2, 0.25) is 0 Å². The summed E-state index contributed by atoms with van der Waals surface area (Å²) in [7, 11) is 0. The maximum atomic E-state index is 12.7. The van der Waals surface area contributed by atoms with Crippen LogP contribution in [0.25, 0.3) is 11.1 Å². The van der Waals surface area contributed by atoms with E-state index >= 15 is 0 Å². The molecule has 0 radical (unpaired) electrons. The lowest BCUT2D eigenvalue weighted by Gasteiger charge is -2.28. The van der Waals surface area contributed by atoms with Crippen molar-refractivity contribution in [1.29, 1.82) is 0 Å². The van der Waals surface area contributed by atoms with Gasteiger partial charge in [0.15, 0.2) is 0 Å². The number of aliphatic carboxylic acids is 1. The quantitative estimate of drug-likeness (QED) is 0.512. The highest BCUT2D eigenvalue weighted by molar-refractivity contribution is 5.82. The number of rotatable bonds is 10. The summed E-state index contributed by atoms with van der Waals surface area (Å²) < 4.78 is 5.57. The summed E-state index contributed by atoms with van der Waals surface area (Å²) >= 11 is 0. The number of nitrogens with one attached hydrogen (secondary N) is 1. The topological polar surface area (TPSA) is 95.9 Å². The Bertz CT molecular complexity index is 1020. The van der Waals surface area contributed by atoms with E-state index in [4.69, 9.17) is 4.74 Å². The Balaban J connectivity index is 1.23. The summed E-state index contributed by atoms with van der Waals surface area (Å²) in [6, 6.07) is 16.4. The molecule has 0 heterocycles. The maximum absolute atomic E-state index is 12.7. The van der Waals surface area contributed by atoms with Crippen molar-refractivity contribution in [3.63, 3.8) is 0 Å². The van der Waals surface area contributed by atoms with Crippen molar-refractivity contribution in [1.82, 2.24) is 10.2 Å². The van der Waals surface area contributed by atoms with E-state index in [2.05, 4.69) is 29.6 Å². The zero-order valence-corrected chi connectivity index (χ0v) is 20.2. The van der Waals surface area contributed by atoms with Crippen molar-refractivity contribution in [3.8, 4) is 11.1 Å². The molecule has 0 bridgehead atoms. The highest BCUT2D eigenvalue weighted by atomic mass is 16.5. The largest absolute Gasteiger partial charge is 0.480 e. The molecule has 1 saturated carbocycles. The van der Waals surface area contributed by atoms with Gasteiger partial charge in [0, 0.05) is 24.9 Å². The molecule has 186 valence electrons. The van der Waals surface area contributed by atoms with Crippen molar-refractivity contribution >= 4 is 18.0 Å². The van der Waals surface area contributed by atoms with E-state index in [1.807, 2.05) is 31.2 Å². The highest BCUT2D eigenvalue weighted by Crippen LogP contribution is 2.44. The second kappa shape index (κ2) is 11.4. The average Bonchev–Trinajstić information content (AvgIpc) is 3.50. The maximum Gasteiger partial charge on any atom is 0.407 e. The van der Waals surface area contributed by atoms with Gasteiger partial charge in [0.2, 0.25) is 5.91 Å². The van der Waals surface area contributed by atoms with Crippen LogP contribution in [0.1, 0.15) is 62.5 Å². The first-order chi connectivity index (χ1) is 16.9. The van der Waals surface area contributed by atoms with E-state index in [9.17, 15) is 19.5 Å². The average molecular weight is 479 g/mol. The molecule has 0 spiro atoms. The summed E-state index contributed by atoms with van der Waals surface area (Å²) in [5.41, 5.74) is 4.71. The Morgan fingerprint density at radius 3 is 2.23 bits per heavy atom. The standard InChI is InChI=1S/C28H34N2O5/c1-19(14-15-26(31)30(17-27(32)33)20-8-2-3-9-20)16-29-28(34)35-18-25-23-12-6-4-10-21(23)22-11-5-7-13-24(22)25/h4-7,10-13,19-20,25H,2-3,8-9,14-18H2,1H3,(H,29,34)(H,32,33). The molecule has 1 atom stereocenters. The molecule has 2 amide bonds. The third-order valence-corrected chi connectivity index (χ3v) is 7.18. The van der Waals surface area contributed by atoms with Crippen LogP contribution in [0.15, 0.2) is 48.5 Å². The van der Waals surface area contributed by atoms with Gasteiger partial charge in [-0.15, -0.1) is 0 Å². The molecule has 0 aromatic heterocycles. The first-order valence-corrected chi connectivity index (χ1v) is 12.5. The molecular weight excluding hydrogens is 444 g/mol. The zero-order chi connectivity index (χ0) is 24.8. The van der Waals surface area contributed by atoms with Crippen LogP contribution >= 0.6 is 0 Å². The van der Waals surface area contributed by atoms with E-state index in [1.54, 1.807) is 0 Å². The SMILES string of the molecule is CC(CCC(=O)N(CC(=O)O)C1CCCC1)CNC(=O)OCC1c2ccccc2-c2ccccc21. The van der Waals surface area contributed by atoms with Gasteiger partial charge in [-0.25, -0.2) is 4.79 Å². The van der Waals surface area contributed by atoms with E-state index in [0.717, 1.165) is 25.7 Å². The summed E-state index contributed by atoms with van der Waals surface area (Å²) in [6.07, 6.45) is 4.20. The second-order valence-electron chi connectivity index (χ2n) is 9.70. The number of hydrogen-bond donors (Lipinski definition) is 2. The molecule has 2 aliphatic carbocycles. The van der Waals surface area contributed by atoms with Gasteiger partial charge in [-0.3, -0.25) is 9.59 Å². The van der Waals surface area contributed by atoms with E-state index in [0.29, 0.717) is 13.0 Å². The molecular formula is C28H34N2O5. The van der Waals surface area contributed by atoms with Crippen LogP contribution in [0.5, 0.6) is 0 Å². The normalized spacial score (nSPS) is 15.8. The highest BCUT2D eigenvalue weighted by Gasteiger charge is 2.30. The van der Waals surface area contributed by atoms with Crippen LogP contribution < -0.4 is 5.32 Å². The number of carboxylic acids is 1. The van der Waals surface area contributed by atoms with Crippen LogP contribution in [0.4, 0.5) is 4.79 Å². The summed E-state index contributed by atoms with van der Waals surface area (Å²) in [6.45, 7) is 2.38. The number of fused-ring (bicyclic) bond motifs is 3. The lowest BCUT2D eigenvalue weighted by atomic mass is 9.98. The second-order valence-corrected chi connectivity index (χ2v) is 9.70. The molecule has 1 unspecified atom stereocenters. The lowest BCUT2D eigenvalue weighted by molar-refractivity contribution is -0.146. The van der Waals surface area contributed by atoms with Crippen molar-refractivity contribution in [2.45, 2.75) is 57.4 Å². The van der Waals surface area contributed by atoms with Crippen LogP contribution in [-0.4, -0.2) is 53.7 Å². The van der Waals surface area contributed by atoms with Gasteiger partial charge in [0.1, 0.15) is 13.2 Å². The Labute approximate surface area is 206 Å². The number of carbonyl (C=O) groups excluding carboxylic acids is 2. The molecule has 0 saturated heterocycles. The number of benzene rings is 2. The molecule has 0 aliphatic heterocycles. The summed E-state index contributed by atoms with van der Waals surface area (Å²) in [4.78, 5) is 37.9. The Kier molecular flexibility index (Phi) is 8.06. The molecule has 2 aliphatic rings. The Morgan fingerprint density at radius 2 is 1.63 bits per heavy atom. The molecule has 7 nitrogen and oxygen atoms in total. The molecule has 35 heavy (non-hydrogen) atoms. The first kappa shape index (κ1) is 24.8. The summed E-state index contributed by atoms with van der Waals surface area (Å²) in [5, 5.41) is 12.0. The van der Waals surface area contributed by atoms with E-state index in [-0.39, 0.29) is 43.4 Å². The molecule has 7 heteroatoms. The molecule has 2 aromatic rings. The van der Waals surface area contributed by atoms with Gasteiger partial charge in [-0.05, 0) is 47.4 Å². The minimum absolute atomic E-state index is 0.0130. The number of carboxylic acid groups (broad SMARTS) is 1. The Hall–Kier alpha value is -3.35. The van der Waals surface area contributed by atoms with Crippen LogP contribution in [0.3, 0.4) is 0 Å². The number of nitrogens with zero attached hydrogens (tertiary/aromatic N) is 1. The van der Waals surface area contributed by atoms with Gasteiger partial charge in [-0.1, -0.05) is 68.3 Å². The lowest BCUT2D eigenvalue weighted by Crippen LogP contribution is -2.42. The van der Waals surface area contributed by atoms with Gasteiger partial charge in [-0.2, -0.15) is 0 Å². The smallest absolute Gasteiger partial charge is 0.407 e. The third-order valence-electron chi connectivity index (χ3n) is 7.18. The zero-order valence-electron chi connectivity index (χ0n) is 20.2. The van der Waals surface area contributed by atoms with Crippen LogP contribution in [0, 0.1) is 5.92 Å². The first-order valence-electron chi connectivity index (χ1n) is 12.5. The molecule has 4 rings (SSSR count). The van der Waals surface area contributed by atoms with Crippen molar-refractivity contribution in [2.75, 3.05) is 19.7 Å². The molecule has 2 N–H and O–H groups in total. The Morgan fingerprint density at radius 1 is 1.03 bits per heavy atom. The molecule has 1 fully saturated rings. The van der Waals surface area contributed by atoms with E-state index < -0.39 is 12.1 Å². The van der Waals surface area contributed by atoms with Crippen molar-refractivity contribution < 1.29 is 24.2 Å². The predicted octanol–water partition coefficient (Wildman–Crippen LogP) is 4.80. The number of ether oxygens (including phenoxy) is 1. The van der Waals surface area contributed by atoms with Gasteiger partial charge >= 0.3 is 12.1 Å². The number of amides is 2. The number of alkyl carbamates (subject to hydrolysis) is 1. The minimum atomic E-state index is -0.977. The number of carbonyl (C=O) groups is 3. The fraction of sp³-hybridized carbons (Fsp3) is 0.464.